The summed E-state index contributed by atoms with van der Waals surface area (Å²) >= 11 is 0. The molecule has 92 valence electrons. The molecule has 0 aromatic carbocycles. The van der Waals surface area contributed by atoms with Crippen LogP contribution in [0.25, 0.3) is 0 Å². The van der Waals surface area contributed by atoms with E-state index >= 15 is 0 Å². The normalized spacial score (nSPS) is 9.81. The van der Waals surface area contributed by atoms with E-state index in [0.717, 1.165) is 13.0 Å². The maximum Gasteiger partial charge on any atom is 0.246 e. The minimum Gasteiger partial charge on any atom is -0.335 e. The quantitative estimate of drug-likeness (QED) is 0.315. The summed E-state index contributed by atoms with van der Waals surface area (Å²) in [5.41, 5.74) is 0. The van der Waals surface area contributed by atoms with Crippen LogP contribution in [0.3, 0.4) is 0 Å². The highest BCUT2D eigenvalue weighted by Gasteiger charge is 2.06. The lowest BCUT2D eigenvalue weighted by molar-refractivity contribution is -0.125. The summed E-state index contributed by atoms with van der Waals surface area (Å²) < 4.78 is 0. The van der Waals surface area contributed by atoms with E-state index in [9.17, 15) is 4.79 Å². The molecule has 0 rings (SSSR count). The third-order valence-corrected chi connectivity index (χ3v) is 2.62. The van der Waals surface area contributed by atoms with Crippen LogP contribution in [-0.4, -0.2) is 23.9 Å². The van der Waals surface area contributed by atoms with Crippen molar-refractivity contribution in [2.24, 2.45) is 0 Å². The van der Waals surface area contributed by atoms with Crippen molar-refractivity contribution in [1.29, 1.82) is 0 Å². The molecule has 0 unspecified atom stereocenters. The molecule has 0 aliphatic heterocycles. The molecular weight excluding hydrogens is 198 g/mol. The lowest BCUT2D eigenvalue weighted by Crippen LogP contribution is -2.30. The van der Waals surface area contributed by atoms with Crippen molar-refractivity contribution < 1.29 is 4.79 Å². The first kappa shape index (κ1) is 14.9. The number of unbranched alkanes of at least 4 members (excludes halogenated alkanes) is 5. The van der Waals surface area contributed by atoms with Crippen LogP contribution in [0.2, 0.25) is 0 Å². The van der Waals surface area contributed by atoms with Crippen molar-refractivity contribution in [1.82, 2.24) is 4.90 Å². The summed E-state index contributed by atoms with van der Waals surface area (Å²) in [6.45, 7) is 10.8. The maximum atomic E-state index is 11.4. The van der Waals surface area contributed by atoms with E-state index in [0.29, 0.717) is 6.54 Å². The van der Waals surface area contributed by atoms with Gasteiger partial charge < -0.3 is 4.90 Å². The van der Waals surface area contributed by atoms with Crippen molar-refractivity contribution >= 4 is 5.91 Å². The molecule has 0 N–H and O–H groups in total. The first-order chi connectivity index (χ1) is 7.76. The first-order valence-corrected chi connectivity index (χ1v) is 6.28. The average molecular weight is 223 g/mol. The van der Waals surface area contributed by atoms with Crippen molar-refractivity contribution in [3.63, 3.8) is 0 Å². The van der Waals surface area contributed by atoms with E-state index in [1.165, 1.54) is 38.2 Å². The Hall–Kier alpha value is -1.05. The fraction of sp³-hybridized carbons (Fsp3) is 0.643. The van der Waals surface area contributed by atoms with Gasteiger partial charge in [0.15, 0.2) is 0 Å². The highest BCUT2D eigenvalue weighted by molar-refractivity contribution is 5.87. The highest BCUT2D eigenvalue weighted by atomic mass is 16.2. The van der Waals surface area contributed by atoms with Crippen LogP contribution in [0.4, 0.5) is 0 Å². The van der Waals surface area contributed by atoms with Gasteiger partial charge in [-0.25, -0.2) is 0 Å². The summed E-state index contributed by atoms with van der Waals surface area (Å²) in [4.78, 5) is 13.2. The van der Waals surface area contributed by atoms with Crippen molar-refractivity contribution in [2.45, 2.75) is 45.4 Å². The largest absolute Gasteiger partial charge is 0.335 e. The number of amides is 1. The molecule has 0 bridgehead atoms. The first-order valence-electron chi connectivity index (χ1n) is 6.28. The molecular formula is C14H25NO. The number of carbonyl (C=O) groups is 1. The molecule has 0 saturated carbocycles. The molecule has 0 saturated heterocycles. The number of nitrogens with zero attached hydrogens (tertiary/aromatic N) is 1. The van der Waals surface area contributed by atoms with E-state index in [1.807, 2.05) is 0 Å². The van der Waals surface area contributed by atoms with E-state index in [2.05, 4.69) is 20.1 Å². The smallest absolute Gasteiger partial charge is 0.246 e. The average Bonchev–Trinajstić information content (AvgIpc) is 2.31. The molecule has 0 atom stereocenters. The van der Waals surface area contributed by atoms with Crippen LogP contribution in [0.1, 0.15) is 45.4 Å². The third kappa shape index (κ3) is 7.27. The van der Waals surface area contributed by atoms with Gasteiger partial charge in [0.25, 0.3) is 0 Å². The molecule has 0 aromatic heterocycles. The molecule has 0 radical (unpaired) electrons. The standard InChI is InChI=1S/C14H25NO/c1-4-7-8-9-10-11-13-15(12-5-2)14(16)6-3/h5-6H,2-4,7-13H2,1H3. The third-order valence-electron chi connectivity index (χ3n) is 2.62. The Morgan fingerprint density at radius 1 is 1.12 bits per heavy atom. The van der Waals surface area contributed by atoms with Crippen LogP contribution in [0.15, 0.2) is 25.3 Å². The minimum absolute atomic E-state index is 0.00783. The Morgan fingerprint density at radius 3 is 2.31 bits per heavy atom. The molecule has 0 aliphatic rings. The summed E-state index contributed by atoms with van der Waals surface area (Å²) in [6.07, 6.45) is 10.6. The van der Waals surface area contributed by atoms with Gasteiger partial charge in [-0.05, 0) is 12.5 Å². The van der Waals surface area contributed by atoms with Crippen LogP contribution in [-0.2, 0) is 4.79 Å². The molecule has 2 heteroatoms. The summed E-state index contributed by atoms with van der Waals surface area (Å²) in [7, 11) is 0. The van der Waals surface area contributed by atoms with Gasteiger partial charge in [0.05, 0.1) is 0 Å². The Balaban J connectivity index is 3.63. The molecule has 16 heavy (non-hydrogen) atoms. The second-order valence-corrected chi connectivity index (χ2v) is 4.04. The number of rotatable bonds is 10. The molecule has 0 heterocycles. The monoisotopic (exact) mass is 223 g/mol. The fourth-order valence-electron chi connectivity index (χ4n) is 1.66. The fourth-order valence-corrected chi connectivity index (χ4v) is 1.66. The van der Waals surface area contributed by atoms with Crippen molar-refractivity contribution in [3.8, 4) is 0 Å². The maximum absolute atomic E-state index is 11.4. The highest BCUT2D eigenvalue weighted by Crippen LogP contribution is 2.06. The van der Waals surface area contributed by atoms with E-state index in [4.69, 9.17) is 0 Å². The van der Waals surface area contributed by atoms with Crippen LogP contribution in [0, 0.1) is 0 Å². The molecule has 1 amide bonds. The Morgan fingerprint density at radius 2 is 1.75 bits per heavy atom. The van der Waals surface area contributed by atoms with Crippen LogP contribution >= 0.6 is 0 Å². The van der Waals surface area contributed by atoms with E-state index < -0.39 is 0 Å². The Labute approximate surface area is 100 Å². The molecule has 2 nitrogen and oxygen atoms in total. The van der Waals surface area contributed by atoms with Gasteiger partial charge in [-0.3, -0.25) is 4.79 Å². The van der Waals surface area contributed by atoms with Gasteiger partial charge in [-0.2, -0.15) is 0 Å². The lowest BCUT2D eigenvalue weighted by Gasteiger charge is -2.19. The zero-order valence-corrected chi connectivity index (χ0v) is 10.6. The van der Waals surface area contributed by atoms with Crippen molar-refractivity contribution in [3.05, 3.63) is 25.3 Å². The SMILES string of the molecule is C=CCN(CCCCCCCC)C(=O)C=C. The van der Waals surface area contributed by atoms with Gasteiger partial charge in [-0.15, -0.1) is 6.58 Å². The Bertz CT molecular complexity index is 211. The number of carbonyl (C=O) groups excluding carboxylic acids is 1. The molecule has 0 aromatic rings. The Kier molecular flexibility index (Phi) is 9.78. The summed E-state index contributed by atoms with van der Waals surface area (Å²) in [6, 6.07) is 0. The molecule has 0 fully saturated rings. The van der Waals surface area contributed by atoms with Gasteiger partial charge in [0.1, 0.15) is 0 Å². The second-order valence-electron chi connectivity index (χ2n) is 4.04. The zero-order chi connectivity index (χ0) is 12.2. The van der Waals surface area contributed by atoms with Gasteiger partial charge in [0, 0.05) is 13.1 Å². The molecule has 0 aliphatic carbocycles. The van der Waals surface area contributed by atoms with Gasteiger partial charge >= 0.3 is 0 Å². The predicted molar refractivity (Wildman–Crippen MR) is 70.4 cm³/mol. The topological polar surface area (TPSA) is 20.3 Å². The second kappa shape index (κ2) is 10.5. The lowest BCUT2D eigenvalue weighted by atomic mass is 10.1. The summed E-state index contributed by atoms with van der Waals surface area (Å²) in [5.74, 6) is 0.00783. The van der Waals surface area contributed by atoms with Gasteiger partial charge in [-0.1, -0.05) is 51.7 Å². The molecule has 0 spiro atoms. The summed E-state index contributed by atoms with van der Waals surface area (Å²) in [5, 5.41) is 0. The van der Waals surface area contributed by atoms with Crippen LogP contribution < -0.4 is 0 Å². The number of hydrogen-bond acceptors (Lipinski definition) is 1. The van der Waals surface area contributed by atoms with E-state index in [-0.39, 0.29) is 5.91 Å². The number of hydrogen-bond donors (Lipinski definition) is 0. The van der Waals surface area contributed by atoms with Gasteiger partial charge in [0.2, 0.25) is 5.91 Å². The zero-order valence-electron chi connectivity index (χ0n) is 10.6. The van der Waals surface area contributed by atoms with E-state index in [1.54, 1.807) is 11.0 Å². The van der Waals surface area contributed by atoms with Crippen LogP contribution in [0.5, 0.6) is 0 Å². The predicted octanol–water partition coefficient (Wildman–Crippen LogP) is 3.55. The van der Waals surface area contributed by atoms with Crippen molar-refractivity contribution in [2.75, 3.05) is 13.1 Å². The minimum atomic E-state index is 0.00783.